The molecule has 0 saturated heterocycles. The Morgan fingerprint density at radius 2 is 1.96 bits per heavy atom. The number of rotatable bonds is 6. The molecule has 2 aromatic carbocycles. The van der Waals surface area contributed by atoms with Gasteiger partial charge in [0.15, 0.2) is 5.82 Å². The second-order valence-corrected chi connectivity index (χ2v) is 6.74. The smallest absolute Gasteiger partial charge is 0.337 e. The van der Waals surface area contributed by atoms with Gasteiger partial charge in [-0.1, -0.05) is 30.7 Å². The van der Waals surface area contributed by atoms with Crippen molar-refractivity contribution in [1.82, 2.24) is 25.5 Å². The van der Waals surface area contributed by atoms with Gasteiger partial charge in [-0.3, -0.25) is 0 Å². The topological polar surface area (TPSA) is 81.9 Å². The number of carbonyl (C=O) groups excluding carboxylic acids is 1. The fraction of sp³-hybridized carbons (Fsp3) is 0.300. The first-order valence-corrected chi connectivity index (χ1v) is 9.15. The number of esters is 1. The Balaban J connectivity index is 1.73. The van der Waals surface area contributed by atoms with Crippen molar-refractivity contribution < 1.29 is 13.9 Å². The first-order chi connectivity index (χ1) is 13.7. The fourth-order valence-corrected chi connectivity index (χ4v) is 3.23. The molecule has 1 aromatic heterocycles. The molecule has 0 aliphatic heterocycles. The van der Waals surface area contributed by atoms with E-state index in [1.807, 2.05) is 12.1 Å². The van der Waals surface area contributed by atoms with Gasteiger partial charge < -0.3 is 10.1 Å². The lowest BCUT2D eigenvalue weighted by atomic mass is 9.91. The number of hydrogen-bond acceptors (Lipinski definition) is 6. The number of benzene rings is 2. The molecule has 1 N–H and O–H groups in total. The highest BCUT2D eigenvalue weighted by Gasteiger charge is 2.28. The standard InChI is InChI=1S/C20H20FN5O2/c1-28-20(27)14-11-9-13(10-12-14)18(22-15-5-4-6-15)19-23-24-25-26(19)17-8-3-2-7-16(17)21/h2-3,7-12,15,18,22H,4-6H2,1H3. The highest BCUT2D eigenvalue weighted by atomic mass is 19.1. The first-order valence-electron chi connectivity index (χ1n) is 9.15. The Bertz CT molecular complexity index is 969. The van der Waals surface area contributed by atoms with E-state index < -0.39 is 11.8 Å². The zero-order chi connectivity index (χ0) is 19.5. The van der Waals surface area contributed by atoms with Gasteiger partial charge in [0.05, 0.1) is 18.7 Å². The van der Waals surface area contributed by atoms with E-state index in [4.69, 9.17) is 4.74 Å². The number of para-hydroxylation sites is 1. The largest absolute Gasteiger partial charge is 0.465 e. The highest BCUT2D eigenvalue weighted by Crippen LogP contribution is 2.28. The number of methoxy groups -OCH3 is 1. The molecular weight excluding hydrogens is 361 g/mol. The molecule has 1 aliphatic rings. The summed E-state index contributed by atoms with van der Waals surface area (Å²) in [4.78, 5) is 11.7. The van der Waals surface area contributed by atoms with Crippen LogP contribution in [0.1, 0.15) is 47.1 Å². The zero-order valence-corrected chi connectivity index (χ0v) is 15.4. The molecule has 8 heteroatoms. The van der Waals surface area contributed by atoms with Crippen LogP contribution in [0.2, 0.25) is 0 Å². The predicted octanol–water partition coefficient (Wildman–Crippen LogP) is 2.82. The quantitative estimate of drug-likeness (QED) is 0.661. The summed E-state index contributed by atoms with van der Waals surface area (Å²) >= 11 is 0. The summed E-state index contributed by atoms with van der Waals surface area (Å²) in [6, 6.07) is 13.5. The van der Waals surface area contributed by atoms with Gasteiger partial charge in [-0.2, -0.15) is 4.68 Å². The van der Waals surface area contributed by atoms with Crippen molar-refractivity contribution in [2.75, 3.05) is 7.11 Å². The lowest BCUT2D eigenvalue weighted by Crippen LogP contribution is -2.39. The van der Waals surface area contributed by atoms with E-state index >= 15 is 0 Å². The number of aromatic nitrogens is 4. The third kappa shape index (κ3) is 3.50. The molecule has 4 rings (SSSR count). The summed E-state index contributed by atoms with van der Waals surface area (Å²) in [7, 11) is 1.35. The van der Waals surface area contributed by atoms with E-state index in [0.29, 0.717) is 17.4 Å². The minimum Gasteiger partial charge on any atom is -0.465 e. The van der Waals surface area contributed by atoms with Crippen LogP contribution >= 0.6 is 0 Å². The van der Waals surface area contributed by atoms with Gasteiger partial charge in [0.1, 0.15) is 11.5 Å². The third-order valence-electron chi connectivity index (χ3n) is 5.01. The van der Waals surface area contributed by atoms with Crippen LogP contribution in [0, 0.1) is 5.82 Å². The van der Waals surface area contributed by atoms with Crippen molar-refractivity contribution in [3.8, 4) is 5.69 Å². The Kier molecular flexibility index (Phi) is 5.12. The molecule has 28 heavy (non-hydrogen) atoms. The average Bonchev–Trinajstić information content (AvgIpc) is 3.16. The Morgan fingerprint density at radius 1 is 1.21 bits per heavy atom. The van der Waals surface area contributed by atoms with Gasteiger partial charge >= 0.3 is 5.97 Å². The second kappa shape index (κ2) is 7.85. The van der Waals surface area contributed by atoms with Crippen molar-refractivity contribution in [3.63, 3.8) is 0 Å². The zero-order valence-electron chi connectivity index (χ0n) is 15.4. The van der Waals surface area contributed by atoms with Gasteiger partial charge in [-0.05, 0) is 53.1 Å². The van der Waals surface area contributed by atoms with Crippen molar-refractivity contribution in [1.29, 1.82) is 0 Å². The van der Waals surface area contributed by atoms with Gasteiger partial charge in [0.2, 0.25) is 0 Å². The molecule has 144 valence electrons. The predicted molar refractivity (Wildman–Crippen MR) is 99.5 cm³/mol. The molecule has 3 aromatic rings. The minimum absolute atomic E-state index is 0.286. The molecule has 7 nitrogen and oxygen atoms in total. The van der Waals surface area contributed by atoms with Crippen LogP contribution in [0.15, 0.2) is 48.5 Å². The Labute approximate surface area is 161 Å². The van der Waals surface area contributed by atoms with Crippen molar-refractivity contribution in [2.45, 2.75) is 31.3 Å². The molecule has 0 amide bonds. The first kappa shape index (κ1) is 18.2. The van der Waals surface area contributed by atoms with Crippen molar-refractivity contribution in [3.05, 3.63) is 71.3 Å². The number of halogens is 1. The van der Waals surface area contributed by atoms with Gasteiger partial charge in [-0.25, -0.2) is 9.18 Å². The van der Waals surface area contributed by atoms with Gasteiger partial charge in [-0.15, -0.1) is 5.10 Å². The summed E-state index contributed by atoms with van der Waals surface area (Å²) in [6.45, 7) is 0. The van der Waals surface area contributed by atoms with E-state index in [9.17, 15) is 9.18 Å². The summed E-state index contributed by atoms with van der Waals surface area (Å²) in [5.41, 5.74) is 1.63. The molecule has 1 saturated carbocycles. The molecule has 1 unspecified atom stereocenters. The molecular formula is C20H20FN5O2. The van der Waals surface area contributed by atoms with Crippen LogP contribution in [0.4, 0.5) is 4.39 Å². The number of hydrogen-bond donors (Lipinski definition) is 1. The van der Waals surface area contributed by atoms with Crippen LogP contribution in [-0.2, 0) is 4.74 Å². The van der Waals surface area contributed by atoms with Crippen LogP contribution in [0.5, 0.6) is 0 Å². The van der Waals surface area contributed by atoms with E-state index in [1.165, 1.54) is 24.3 Å². The molecule has 1 heterocycles. The van der Waals surface area contributed by atoms with Crippen LogP contribution < -0.4 is 5.32 Å². The average molecular weight is 381 g/mol. The maximum Gasteiger partial charge on any atom is 0.337 e. The number of nitrogens with one attached hydrogen (secondary N) is 1. The van der Waals surface area contributed by atoms with Gasteiger partial charge in [0, 0.05) is 6.04 Å². The highest BCUT2D eigenvalue weighted by molar-refractivity contribution is 5.89. The van der Waals surface area contributed by atoms with Crippen molar-refractivity contribution >= 4 is 5.97 Å². The normalized spacial score (nSPS) is 15.1. The summed E-state index contributed by atoms with van der Waals surface area (Å²) in [5, 5.41) is 15.5. The second-order valence-electron chi connectivity index (χ2n) is 6.74. The van der Waals surface area contributed by atoms with E-state index in [-0.39, 0.29) is 11.7 Å². The summed E-state index contributed by atoms with van der Waals surface area (Å²) in [6.07, 6.45) is 3.31. The molecule has 0 radical (unpaired) electrons. The lowest BCUT2D eigenvalue weighted by Gasteiger charge is -2.31. The van der Waals surface area contributed by atoms with E-state index in [2.05, 4.69) is 20.8 Å². The fourth-order valence-electron chi connectivity index (χ4n) is 3.23. The van der Waals surface area contributed by atoms with Crippen LogP contribution in [-0.4, -0.2) is 39.3 Å². The van der Waals surface area contributed by atoms with E-state index in [0.717, 1.165) is 18.4 Å². The maximum absolute atomic E-state index is 14.3. The number of ether oxygens (including phenoxy) is 1. The lowest BCUT2D eigenvalue weighted by molar-refractivity contribution is 0.0600. The molecule has 0 bridgehead atoms. The third-order valence-corrected chi connectivity index (χ3v) is 5.01. The van der Waals surface area contributed by atoms with Crippen LogP contribution in [0.3, 0.4) is 0 Å². The Hall–Kier alpha value is -3.13. The summed E-state index contributed by atoms with van der Waals surface area (Å²) < 4.78 is 20.5. The SMILES string of the molecule is COC(=O)c1ccc(C(NC2CCC2)c2nnnn2-c2ccccc2F)cc1. The molecule has 0 spiro atoms. The number of nitrogens with zero attached hydrogens (tertiary/aromatic N) is 4. The molecule has 1 atom stereocenters. The van der Waals surface area contributed by atoms with Crippen LogP contribution in [0.25, 0.3) is 5.69 Å². The van der Waals surface area contributed by atoms with Crippen molar-refractivity contribution in [2.24, 2.45) is 0 Å². The molecule has 1 fully saturated rings. The maximum atomic E-state index is 14.3. The minimum atomic E-state index is -0.403. The van der Waals surface area contributed by atoms with E-state index in [1.54, 1.807) is 30.3 Å². The number of carbonyl (C=O) groups is 1. The monoisotopic (exact) mass is 381 g/mol. The number of tetrazole rings is 1. The summed E-state index contributed by atoms with van der Waals surface area (Å²) in [5.74, 6) is -0.312. The Morgan fingerprint density at radius 3 is 2.61 bits per heavy atom. The molecule has 1 aliphatic carbocycles. The van der Waals surface area contributed by atoms with Gasteiger partial charge in [0.25, 0.3) is 0 Å².